The van der Waals surface area contributed by atoms with Crippen molar-refractivity contribution in [1.29, 1.82) is 0 Å². The Hall–Kier alpha value is -3.40. The molecule has 29 heavy (non-hydrogen) atoms. The number of nitrogens with one attached hydrogen (secondary N) is 2. The average molecular weight is 403 g/mol. The molecule has 5 N–H and O–H groups in total. The number of carbonyl (C=O) groups is 4. The number of likely N-dealkylation sites (tertiary alicyclic amines) is 1. The number of hydrogen-bond acceptors (Lipinski definition) is 5. The quantitative estimate of drug-likeness (QED) is 0.445. The van der Waals surface area contributed by atoms with Crippen molar-refractivity contribution in [3.05, 3.63) is 30.0 Å². The number of aromatic amines is 1. The van der Waals surface area contributed by atoms with E-state index in [1.807, 2.05) is 0 Å². The van der Waals surface area contributed by atoms with Crippen LogP contribution in [-0.4, -0.2) is 61.6 Å². The molecule has 154 valence electrons. The van der Waals surface area contributed by atoms with E-state index in [9.17, 15) is 29.4 Å². The van der Waals surface area contributed by atoms with E-state index in [1.165, 1.54) is 11.1 Å². The maximum absolute atomic E-state index is 12.0. The highest BCUT2D eigenvalue weighted by atomic mass is 16.4. The van der Waals surface area contributed by atoms with Gasteiger partial charge in [0, 0.05) is 41.3 Å². The minimum atomic E-state index is -1.16. The number of nitrogens with zero attached hydrogens (tertiary/aromatic N) is 1. The van der Waals surface area contributed by atoms with Crippen LogP contribution in [0.25, 0.3) is 10.9 Å². The molecule has 3 rings (SSSR count). The summed E-state index contributed by atoms with van der Waals surface area (Å²) >= 11 is 0. The second-order valence-electron chi connectivity index (χ2n) is 6.92. The Morgan fingerprint density at radius 2 is 1.93 bits per heavy atom. The van der Waals surface area contributed by atoms with Gasteiger partial charge < -0.3 is 25.6 Å². The summed E-state index contributed by atoms with van der Waals surface area (Å²) in [6.45, 7) is 0.353. The first-order valence-corrected chi connectivity index (χ1v) is 9.12. The lowest BCUT2D eigenvalue weighted by Crippen LogP contribution is -2.41. The van der Waals surface area contributed by atoms with E-state index in [-0.39, 0.29) is 12.8 Å². The number of H-pyrrole nitrogens is 1. The molecule has 0 saturated carbocycles. The first-order valence-electron chi connectivity index (χ1n) is 9.12. The van der Waals surface area contributed by atoms with E-state index in [0.717, 1.165) is 0 Å². The van der Waals surface area contributed by atoms with Gasteiger partial charge in [-0.15, -0.1) is 0 Å². The molecular weight excluding hydrogens is 382 g/mol. The number of anilines is 1. The van der Waals surface area contributed by atoms with Crippen LogP contribution in [0, 0.1) is 0 Å². The fraction of sp³-hybridized carbons (Fsp3) is 0.368. The van der Waals surface area contributed by atoms with Crippen LogP contribution in [0.4, 0.5) is 5.69 Å². The van der Waals surface area contributed by atoms with E-state index in [1.54, 1.807) is 18.2 Å². The van der Waals surface area contributed by atoms with Gasteiger partial charge in [-0.25, -0.2) is 0 Å². The van der Waals surface area contributed by atoms with Crippen molar-refractivity contribution in [2.45, 2.75) is 37.8 Å². The molecule has 2 aromatic rings. The summed E-state index contributed by atoms with van der Waals surface area (Å²) in [6, 6.07) is 2.86. The van der Waals surface area contributed by atoms with Crippen LogP contribution in [-0.2, 0) is 19.2 Å². The van der Waals surface area contributed by atoms with Crippen molar-refractivity contribution < 1.29 is 34.5 Å². The molecule has 1 aliphatic heterocycles. The second kappa shape index (κ2) is 8.31. The van der Waals surface area contributed by atoms with Gasteiger partial charge in [0.15, 0.2) is 0 Å². The smallest absolute Gasteiger partial charge is 0.325 e. The van der Waals surface area contributed by atoms with E-state index >= 15 is 0 Å². The van der Waals surface area contributed by atoms with Crippen molar-refractivity contribution >= 4 is 40.4 Å². The number of benzene rings is 1. The maximum Gasteiger partial charge on any atom is 0.325 e. The zero-order chi connectivity index (χ0) is 21.1. The number of carboxylic acids is 3. The van der Waals surface area contributed by atoms with Crippen LogP contribution in [0.5, 0.6) is 0 Å². The van der Waals surface area contributed by atoms with Gasteiger partial charge in [-0.05, 0) is 31.0 Å². The van der Waals surface area contributed by atoms with Crippen molar-refractivity contribution in [2.24, 2.45) is 0 Å². The molecule has 0 aliphatic carbocycles. The fourth-order valence-electron chi connectivity index (χ4n) is 3.71. The lowest BCUT2D eigenvalue weighted by molar-refractivity contribution is -0.149. The Morgan fingerprint density at radius 1 is 1.17 bits per heavy atom. The van der Waals surface area contributed by atoms with Gasteiger partial charge >= 0.3 is 17.9 Å². The first kappa shape index (κ1) is 20.3. The normalized spacial score (nSPS) is 17.9. The highest BCUT2D eigenvalue weighted by molar-refractivity contribution is 5.97. The predicted molar refractivity (Wildman–Crippen MR) is 102 cm³/mol. The summed E-state index contributed by atoms with van der Waals surface area (Å²) in [6.07, 6.45) is 2.03. The van der Waals surface area contributed by atoms with Crippen LogP contribution >= 0.6 is 0 Å². The molecule has 0 spiro atoms. The van der Waals surface area contributed by atoms with Crippen LogP contribution in [0.3, 0.4) is 0 Å². The Balaban J connectivity index is 1.91. The van der Waals surface area contributed by atoms with Crippen molar-refractivity contribution in [3.8, 4) is 0 Å². The van der Waals surface area contributed by atoms with Crippen LogP contribution in [0.1, 0.15) is 37.3 Å². The molecule has 0 bridgehead atoms. The van der Waals surface area contributed by atoms with Crippen LogP contribution in [0.2, 0.25) is 0 Å². The Kier molecular flexibility index (Phi) is 5.83. The minimum absolute atomic E-state index is 0.181. The molecule has 2 heterocycles. The highest BCUT2D eigenvalue weighted by Crippen LogP contribution is 2.35. The molecule has 10 nitrogen and oxygen atoms in total. The molecule has 1 aliphatic rings. The molecule has 0 radical (unpaired) electrons. The van der Waals surface area contributed by atoms with E-state index in [0.29, 0.717) is 41.5 Å². The van der Waals surface area contributed by atoms with Crippen LogP contribution in [0.15, 0.2) is 24.4 Å². The summed E-state index contributed by atoms with van der Waals surface area (Å²) in [5.74, 6) is -3.76. The van der Waals surface area contributed by atoms with Gasteiger partial charge in [-0.2, -0.15) is 0 Å². The molecule has 1 saturated heterocycles. The third-order valence-corrected chi connectivity index (χ3v) is 5.00. The minimum Gasteiger partial charge on any atom is -0.481 e. The van der Waals surface area contributed by atoms with Gasteiger partial charge in [0.1, 0.15) is 12.1 Å². The largest absolute Gasteiger partial charge is 0.481 e. The molecule has 1 aromatic carbocycles. The average Bonchev–Trinajstić information content (AvgIpc) is 3.28. The molecule has 10 heteroatoms. The molecular formula is C19H21N3O7. The van der Waals surface area contributed by atoms with E-state index < -0.39 is 35.9 Å². The zero-order valence-electron chi connectivity index (χ0n) is 15.4. The number of rotatable bonds is 8. The zero-order valence-corrected chi connectivity index (χ0v) is 15.4. The van der Waals surface area contributed by atoms with Gasteiger partial charge in [0.05, 0.1) is 6.42 Å². The monoisotopic (exact) mass is 403 g/mol. The molecule has 1 aromatic heterocycles. The Bertz CT molecular complexity index is 968. The fourth-order valence-corrected chi connectivity index (χ4v) is 3.71. The van der Waals surface area contributed by atoms with Crippen molar-refractivity contribution in [1.82, 2.24) is 9.88 Å². The predicted octanol–water partition coefficient (Wildman–Crippen LogP) is 1.65. The van der Waals surface area contributed by atoms with E-state index in [4.69, 9.17) is 5.11 Å². The highest BCUT2D eigenvalue weighted by Gasteiger charge is 2.40. The molecule has 0 unspecified atom stereocenters. The van der Waals surface area contributed by atoms with Gasteiger partial charge in [0.25, 0.3) is 0 Å². The number of aromatic nitrogens is 1. The number of aliphatic carboxylic acids is 3. The summed E-state index contributed by atoms with van der Waals surface area (Å²) in [5, 5.41) is 31.1. The van der Waals surface area contributed by atoms with Gasteiger partial charge in [0.2, 0.25) is 5.91 Å². The molecule has 1 amide bonds. The van der Waals surface area contributed by atoms with Gasteiger partial charge in [-0.1, -0.05) is 0 Å². The lowest BCUT2D eigenvalue weighted by Gasteiger charge is -2.27. The van der Waals surface area contributed by atoms with Crippen molar-refractivity contribution in [2.75, 3.05) is 11.9 Å². The van der Waals surface area contributed by atoms with Crippen molar-refractivity contribution in [3.63, 3.8) is 0 Å². The molecule has 2 atom stereocenters. The summed E-state index contributed by atoms with van der Waals surface area (Å²) in [5.41, 5.74) is 1.44. The third kappa shape index (κ3) is 4.37. The topological polar surface area (TPSA) is 160 Å². The summed E-state index contributed by atoms with van der Waals surface area (Å²) in [4.78, 5) is 50.5. The Morgan fingerprint density at radius 3 is 2.59 bits per heavy atom. The second-order valence-corrected chi connectivity index (χ2v) is 6.92. The Labute approximate surface area is 165 Å². The number of hydrogen-bond donors (Lipinski definition) is 5. The maximum atomic E-state index is 12.0. The summed E-state index contributed by atoms with van der Waals surface area (Å²) in [7, 11) is 0. The lowest BCUT2D eigenvalue weighted by atomic mass is 10.0. The number of amides is 1. The molecule has 1 fully saturated rings. The standard InChI is InChI=1S/C19H21N3O7/c23-15(5-6-16(24)25)21-10-3-4-13-11(8-10)12(9-20-13)17(19(28)29)22-7-1-2-14(22)18(26)27/h3-4,8-9,14,17,20H,1-2,5-7H2,(H,21,23)(H,24,25)(H,26,27)(H,28,29)/t14-,17-/m0/s1. The van der Waals surface area contributed by atoms with E-state index in [2.05, 4.69) is 10.3 Å². The SMILES string of the molecule is O=C(O)CCC(=O)Nc1ccc2[nH]cc([C@@H](C(=O)O)N3CCC[C@H]3C(=O)O)c2c1. The third-order valence-electron chi connectivity index (χ3n) is 5.00. The summed E-state index contributed by atoms with van der Waals surface area (Å²) < 4.78 is 0. The first-order chi connectivity index (χ1) is 13.8. The number of carboxylic acid groups (broad SMARTS) is 3. The van der Waals surface area contributed by atoms with Gasteiger partial charge in [-0.3, -0.25) is 24.1 Å². The van der Waals surface area contributed by atoms with Crippen LogP contribution < -0.4 is 5.32 Å². The number of fused-ring (bicyclic) bond motifs is 1. The number of carbonyl (C=O) groups excluding carboxylic acids is 1.